The summed E-state index contributed by atoms with van der Waals surface area (Å²) in [6.45, 7) is 3.24. The van der Waals surface area contributed by atoms with Gasteiger partial charge < -0.3 is 9.47 Å². The second kappa shape index (κ2) is 6.36. The lowest BCUT2D eigenvalue weighted by molar-refractivity contribution is -0.0219. The summed E-state index contributed by atoms with van der Waals surface area (Å²) in [7, 11) is 0. The lowest BCUT2D eigenvalue weighted by Gasteiger charge is -2.38. The van der Waals surface area contributed by atoms with Crippen molar-refractivity contribution in [2.45, 2.75) is 6.23 Å². The van der Waals surface area contributed by atoms with Gasteiger partial charge >= 0.3 is 0 Å². The van der Waals surface area contributed by atoms with Gasteiger partial charge in [-0.3, -0.25) is 4.90 Å². The molecule has 23 heavy (non-hydrogen) atoms. The molecule has 4 heteroatoms. The number of nitrogens with zero attached hydrogens (tertiary/aromatic N) is 1. The number of hydrogen-bond donors (Lipinski definition) is 0. The normalized spacial score (nSPS) is 21.3. The van der Waals surface area contributed by atoms with Crippen LogP contribution in [0.4, 0.5) is 0 Å². The van der Waals surface area contributed by atoms with E-state index in [1.807, 2.05) is 24.3 Å². The van der Waals surface area contributed by atoms with E-state index >= 15 is 0 Å². The molecule has 1 fully saturated rings. The summed E-state index contributed by atoms with van der Waals surface area (Å²) < 4.78 is 11.8. The second-order valence-corrected chi connectivity index (χ2v) is 6.20. The monoisotopic (exact) mass is 327 g/mol. The molecular formula is C19H18ClNO2. The Hall–Kier alpha value is -1.81. The minimum atomic E-state index is -0.0880. The molecule has 2 aromatic rings. The topological polar surface area (TPSA) is 21.7 Å². The fourth-order valence-corrected chi connectivity index (χ4v) is 3.28. The van der Waals surface area contributed by atoms with Crippen LogP contribution in [0, 0.1) is 0 Å². The Morgan fingerprint density at radius 1 is 1.00 bits per heavy atom. The van der Waals surface area contributed by atoms with Crippen molar-refractivity contribution in [2.75, 3.05) is 26.3 Å². The van der Waals surface area contributed by atoms with Crippen molar-refractivity contribution >= 4 is 23.3 Å². The highest BCUT2D eigenvalue weighted by molar-refractivity contribution is 6.30. The van der Waals surface area contributed by atoms with Crippen molar-refractivity contribution in [1.29, 1.82) is 0 Å². The minimum Gasteiger partial charge on any atom is -0.470 e. The third-order valence-corrected chi connectivity index (χ3v) is 4.51. The highest BCUT2D eigenvalue weighted by Gasteiger charge is 2.30. The van der Waals surface area contributed by atoms with Crippen LogP contribution in [0.1, 0.15) is 11.1 Å². The Morgan fingerprint density at radius 3 is 2.57 bits per heavy atom. The molecule has 0 spiro atoms. The fraction of sp³-hybridized carbons (Fsp3) is 0.263. The molecule has 0 aromatic heterocycles. The summed E-state index contributed by atoms with van der Waals surface area (Å²) in [4.78, 5) is 2.33. The Bertz CT molecular complexity index is 723. The van der Waals surface area contributed by atoms with Gasteiger partial charge in [-0.1, -0.05) is 41.9 Å². The van der Waals surface area contributed by atoms with Crippen LogP contribution in [0.2, 0.25) is 5.02 Å². The molecule has 0 saturated carbocycles. The third kappa shape index (κ3) is 3.00. The summed E-state index contributed by atoms with van der Waals surface area (Å²) in [6, 6.07) is 16.2. The van der Waals surface area contributed by atoms with Gasteiger partial charge in [0, 0.05) is 29.2 Å². The van der Waals surface area contributed by atoms with E-state index in [4.69, 9.17) is 21.1 Å². The zero-order chi connectivity index (χ0) is 15.6. The molecule has 1 atom stereocenters. The standard InChI is InChI=1S/C19H18ClNO2/c20-16-6-7-18-15(12-16)13-17(14-4-2-1-3-5-14)19(23-18)21-8-10-22-11-9-21/h1-7,12-13,19H,8-11H2. The first kappa shape index (κ1) is 14.8. The average molecular weight is 328 g/mol. The van der Waals surface area contributed by atoms with Crippen LogP contribution in [0.5, 0.6) is 5.75 Å². The Kier molecular flexibility index (Phi) is 4.08. The van der Waals surface area contributed by atoms with Crippen molar-refractivity contribution in [3.8, 4) is 5.75 Å². The number of benzene rings is 2. The van der Waals surface area contributed by atoms with Gasteiger partial charge in [0.25, 0.3) is 0 Å². The van der Waals surface area contributed by atoms with Crippen molar-refractivity contribution in [3.05, 3.63) is 64.7 Å². The number of morpholine rings is 1. The third-order valence-electron chi connectivity index (χ3n) is 4.27. The summed E-state index contributed by atoms with van der Waals surface area (Å²) >= 11 is 6.14. The molecule has 2 heterocycles. The molecule has 0 radical (unpaired) electrons. The molecule has 2 aliphatic rings. The maximum atomic E-state index is 6.34. The zero-order valence-corrected chi connectivity index (χ0v) is 13.5. The maximum Gasteiger partial charge on any atom is 0.179 e. The molecule has 2 aliphatic heterocycles. The van der Waals surface area contributed by atoms with E-state index in [2.05, 4.69) is 35.2 Å². The van der Waals surface area contributed by atoms with Gasteiger partial charge in [-0.05, 0) is 29.8 Å². The number of ether oxygens (including phenoxy) is 2. The molecule has 0 N–H and O–H groups in total. The van der Waals surface area contributed by atoms with Crippen LogP contribution < -0.4 is 4.74 Å². The summed E-state index contributed by atoms with van der Waals surface area (Å²) in [5.74, 6) is 0.880. The molecule has 0 bridgehead atoms. The summed E-state index contributed by atoms with van der Waals surface area (Å²) in [5.41, 5.74) is 3.37. The van der Waals surface area contributed by atoms with Crippen LogP contribution in [0.25, 0.3) is 11.6 Å². The van der Waals surface area contributed by atoms with Gasteiger partial charge in [-0.25, -0.2) is 0 Å². The molecule has 0 amide bonds. The molecular weight excluding hydrogens is 310 g/mol. The minimum absolute atomic E-state index is 0.0880. The van der Waals surface area contributed by atoms with Crippen LogP contribution in [0.3, 0.4) is 0 Å². The second-order valence-electron chi connectivity index (χ2n) is 5.77. The highest BCUT2D eigenvalue weighted by Crippen LogP contribution is 2.37. The molecule has 118 valence electrons. The lowest BCUT2D eigenvalue weighted by Crippen LogP contribution is -2.47. The molecule has 2 aromatic carbocycles. The molecule has 3 nitrogen and oxygen atoms in total. The predicted molar refractivity (Wildman–Crippen MR) is 92.6 cm³/mol. The van der Waals surface area contributed by atoms with E-state index in [1.165, 1.54) is 11.1 Å². The van der Waals surface area contributed by atoms with Gasteiger partial charge in [0.2, 0.25) is 0 Å². The van der Waals surface area contributed by atoms with Crippen LogP contribution in [-0.2, 0) is 4.74 Å². The average Bonchev–Trinajstić information content (AvgIpc) is 2.62. The van der Waals surface area contributed by atoms with E-state index in [1.54, 1.807) is 0 Å². The van der Waals surface area contributed by atoms with E-state index in [-0.39, 0.29) is 6.23 Å². The van der Waals surface area contributed by atoms with Crippen LogP contribution in [0.15, 0.2) is 48.5 Å². The summed E-state index contributed by atoms with van der Waals surface area (Å²) in [6.07, 6.45) is 2.11. The Balaban J connectivity index is 1.77. The number of fused-ring (bicyclic) bond motifs is 1. The summed E-state index contributed by atoms with van der Waals surface area (Å²) in [5, 5.41) is 0.723. The Labute approximate surface area is 141 Å². The smallest absolute Gasteiger partial charge is 0.179 e. The van der Waals surface area contributed by atoms with Crippen LogP contribution in [-0.4, -0.2) is 37.4 Å². The van der Waals surface area contributed by atoms with Gasteiger partial charge in [0.1, 0.15) is 5.75 Å². The molecule has 1 unspecified atom stereocenters. The van der Waals surface area contributed by atoms with Crippen molar-refractivity contribution in [1.82, 2.24) is 4.90 Å². The fourth-order valence-electron chi connectivity index (χ4n) is 3.10. The van der Waals surface area contributed by atoms with Crippen molar-refractivity contribution < 1.29 is 9.47 Å². The van der Waals surface area contributed by atoms with Gasteiger partial charge in [-0.2, -0.15) is 0 Å². The Morgan fingerprint density at radius 2 is 1.78 bits per heavy atom. The molecule has 1 saturated heterocycles. The molecule has 0 aliphatic carbocycles. The number of hydrogen-bond acceptors (Lipinski definition) is 3. The van der Waals surface area contributed by atoms with Crippen molar-refractivity contribution in [2.24, 2.45) is 0 Å². The maximum absolute atomic E-state index is 6.34. The van der Waals surface area contributed by atoms with Gasteiger partial charge in [-0.15, -0.1) is 0 Å². The van der Waals surface area contributed by atoms with E-state index in [9.17, 15) is 0 Å². The molecule has 4 rings (SSSR count). The largest absolute Gasteiger partial charge is 0.470 e. The highest BCUT2D eigenvalue weighted by atomic mass is 35.5. The first-order chi connectivity index (χ1) is 11.3. The van der Waals surface area contributed by atoms with Crippen LogP contribution >= 0.6 is 11.6 Å². The van der Waals surface area contributed by atoms with Crippen molar-refractivity contribution in [3.63, 3.8) is 0 Å². The van der Waals surface area contributed by atoms with Gasteiger partial charge in [0.15, 0.2) is 6.23 Å². The number of halogens is 1. The zero-order valence-electron chi connectivity index (χ0n) is 12.7. The van der Waals surface area contributed by atoms with E-state index < -0.39 is 0 Å². The quantitative estimate of drug-likeness (QED) is 0.834. The SMILES string of the molecule is Clc1ccc2c(c1)C=C(c1ccccc1)C(N1CCOCC1)O2. The van der Waals surface area contributed by atoms with Gasteiger partial charge in [0.05, 0.1) is 13.2 Å². The van der Waals surface area contributed by atoms with E-state index in [0.717, 1.165) is 42.6 Å². The predicted octanol–water partition coefficient (Wildman–Crippen LogP) is 3.93. The first-order valence-electron chi connectivity index (χ1n) is 7.86. The van der Waals surface area contributed by atoms with E-state index in [0.29, 0.717) is 0 Å². The lowest BCUT2D eigenvalue weighted by atomic mass is 9.97. The number of rotatable bonds is 2. The first-order valence-corrected chi connectivity index (χ1v) is 8.24.